The summed E-state index contributed by atoms with van der Waals surface area (Å²) in [6.45, 7) is 0. The predicted molar refractivity (Wildman–Crippen MR) is 70.8 cm³/mol. The first kappa shape index (κ1) is 15.7. The van der Waals surface area contributed by atoms with Gasteiger partial charge >= 0.3 is 5.97 Å². The lowest BCUT2D eigenvalue weighted by atomic mass is 10.3. The molecule has 1 N–H and O–H groups in total. The van der Waals surface area contributed by atoms with Gasteiger partial charge in [-0.3, -0.25) is 14.9 Å². The van der Waals surface area contributed by atoms with E-state index in [0.717, 1.165) is 23.9 Å². The van der Waals surface area contributed by atoms with Crippen LogP contribution >= 0.6 is 11.8 Å². The molecule has 0 amide bonds. The lowest BCUT2D eigenvalue weighted by Gasteiger charge is -2.20. The van der Waals surface area contributed by atoms with Crippen molar-refractivity contribution in [2.24, 2.45) is 0 Å². The zero-order chi connectivity index (χ0) is 15.8. The first-order valence-electron chi connectivity index (χ1n) is 5.51. The number of halogens is 1. The summed E-state index contributed by atoms with van der Waals surface area (Å²) in [5, 5.41) is 19.5. The number of benzene rings is 1. The first-order chi connectivity index (χ1) is 9.75. The molecule has 114 valence electrons. The Kier molecular flexibility index (Phi) is 4.16. The van der Waals surface area contributed by atoms with E-state index in [2.05, 4.69) is 0 Å². The van der Waals surface area contributed by atoms with Crippen LogP contribution in [0.4, 0.5) is 10.1 Å². The van der Waals surface area contributed by atoms with Crippen molar-refractivity contribution < 1.29 is 27.6 Å². The summed E-state index contributed by atoms with van der Waals surface area (Å²) in [6.07, 6.45) is 0. The van der Waals surface area contributed by atoms with Crippen LogP contribution in [0.15, 0.2) is 23.1 Å². The number of sulfonamides is 1. The average Bonchev–Trinajstić information content (AvgIpc) is 2.88. The zero-order valence-electron chi connectivity index (χ0n) is 10.3. The Morgan fingerprint density at radius 1 is 1.52 bits per heavy atom. The van der Waals surface area contributed by atoms with Gasteiger partial charge in [0.25, 0.3) is 5.69 Å². The highest BCUT2D eigenvalue weighted by atomic mass is 32.2. The van der Waals surface area contributed by atoms with Crippen molar-refractivity contribution in [3.8, 4) is 0 Å². The van der Waals surface area contributed by atoms with Crippen LogP contribution in [0.5, 0.6) is 0 Å². The molecule has 1 unspecified atom stereocenters. The van der Waals surface area contributed by atoms with E-state index in [0.29, 0.717) is 10.4 Å². The van der Waals surface area contributed by atoms with E-state index in [1.54, 1.807) is 0 Å². The summed E-state index contributed by atoms with van der Waals surface area (Å²) in [6, 6.07) is 0.834. The molecule has 0 aliphatic carbocycles. The summed E-state index contributed by atoms with van der Waals surface area (Å²) >= 11 is 1.09. The van der Waals surface area contributed by atoms with Crippen LogP contribution in [-0.2, 0) is 14.8 Å². The molecule has 11 heteroatoms. The summed E-state index contributed by atoms with van der Waals surface area (Å²) < 4.78 is 39.1. The predicted octanol–water partition coefficient (Wildman–Crippen LogP) is 0.882. The van der Waals surface area contributed by atoms with Crippen molar-refractivity contribution in [2.45, 2.75) is 10.9 Å². The van der Waals surface area contributed by atoms with Gasteiger partial charge < -0.3 is 5.11 Å². The van der Waals surface area contributed by atoms with Gasteiger partial charge in [-0.15, -0.1) is 11.8 Å². The highest BCUT2D eigenvalue weighted by molar-refractivity contribution is 8.00. The van der Waals surface area contributed by atoms with E-state index < -0.39 is 43.4 Å². The third kappa shape index (κ3) is 2.84. The average molecular weight is 336 g/mol. The van der Waals surface area contributed by atoms with Gasteiger partial charge in [-0.2, -0.15) is 4.31 Å². The van der Waals surface area contributed by atoms with Gasteiger partial charge in [-0.25, -0.2) is 12.8 Å². The number of thioether (sulfide) groups is 1. The molecule has 1 aliphatic rings. The van der Waals surface area contributed by atoms with E-state index in [1.807, 2.05) is 0 Å². The maximum atomic E-state index is 13.8. The Labute approximate surface area is 122 Å². The molecule has 21 heavy (non-hydrogen) atoms. The third-order valence-corrected chi connectivity index (χ3v) is 5.90. The maximum absolute atomic E-state index is 13.8. The highest BCUT2D eigenvalue weighted by Crippen LogP contribution is 2.30. The van der Waals surface area contributed by atoms with Crippen molar-refractivity contribution in [1.82, 2.24) is 4.31 Å². The van der Waals surface area contributed by atoms with Gasteiger partial charge in [0.2, 0.25) is 10.0 Å². The lowest BCUT2D eigenvalue weighted by molar-refractivity contribution is -0.385. The summed E-state index contributed by atoms with van der Waals surface area (Å²) in [7, 11) is -4.37. The van der Waals surface area contributed by atoms with Gasteiger partial charge in [0.1, 0.15) is 16.8 Å². The van der Waals surface area contributed by atoms with Crippen LogP contribution in [-0.4, -0.2) is 46.4 Å². The highest BCUT2D eigenvalue weighted by Gasteiger charge is 2.41. The number of carboxylic acid groups (broad SMARTS) is 1. The van der Waals surface area contributed by atoms with Crippen LogP contribution in [0, 0.1) is 15.9 Å². The number of nitro benzene ring substituents is 1. The first-order valence-corrected chi connectivity index (χ1v) is 8.11. The lowest BCUT2D eigenvalue weighted by Crippen LogP contribution is -2.41. The largest absolute Gasteiger partial charge is 0.480 e. The molecule has 1 saturated heterocycles. The Morgan fingerprint density at radius 3 is 2.71 bits per heavy atom. The van der Waals surface area contributed by atoms with Crippen LogP contribution < -0.4 is 0 Å². The Morgan fingerprint density at radius 2 is 2.19 bits per heavy atom. The minimum absolute atomic E-state index is 0.0587. The van der Waals surface area contributed by atoms with Gasteiger partial charge in [-0.1, -0.05) is 0 Å². The minimum Gasteiger partial charge on any atom is -0.480 e. The van der Waals surface area contributed by atoms with E-state index in [9.17, 15) is 27.7 Å². The molecule has 1 aromatic rings. The molecule has 1 atom stereocenters. The van der Waals surface area contributed by atoms with E-state index in [1.165, 1.54) is 0 Å². The van der Waals surface area contributed by atoms with Crippen molar-refractivity contribution >= 4 is 33.4 Å². The number of nitrogens with zero attached hydrogens (tertiary/aromatic N) is 2. The molecule has 8 nitrogen and oxygen atoms in total. The number of carboxylic acids is 1. The number of aliphatic carboxylic acids is 1. The van der Waals surface area contributed by atoms with Gasteiger partial charge in [0.05, 0.1) is 16.9 Å². The number of hydrogen-bond acceptors (Lipinski definition) is 6. The fourth-order valence-corrected chi connectivity index (χ4v) is 4.98. The van der Waals surface area contributed by atoms with Crippen molar-refractivity contribution in [1.29, 1.82) is 0 Å². The van der Waals surface area contributed by atoms with Gasteiger partial charge in [-0.05, 0) is 6.07 Å². The molecule has 1 fully saturated rings. The van der Waals surface area contributed by atoms with E-state index >= 15 is 0 Å². The molecule has 1 aromatic carbocycles. The molecule has 0 saturated carbocycles. The Hall–Kier alpha value is -1.72. The molecule has 0 aromatic heterocycles. The van der Waals surface area contributed by atoms with Gasteiger partial charge in [0, 0.05) is 11.8 Å². The van der Waals surface area contributed by atoms with Crippen molar-refractivity contribution in [3.63, 3.8) is 0 Å². The monoisotopic (exact) mass is 336 g/mol. The normalized spacial score (nSPS) is 19.6. The van der Waals surface area contributed by atoms with E-state index in [-0.39, 0.29) is 11.6 Å². The zero-order valence-corrected chi connectivity index (χ0v) is 11.9. The molecule has 0 spiro atoms. The molecule has 0 bridgehead atoms. The summed E-state index contributed by atoms with van der Waals surface area (Å²) in [5.41, 5.74) is -0.586. The summed E-state index contributed by atoms with van der Waals surface area (Å²) in [4.78, 5) is 19.9. The molecule has 1 heterocycles. The SMILES string of the molecule is O=C(O)C1CSCN1S(=O)(=O)c1ccc([N+](=O)[O-])cc1F. The fourth-order valence-electron chi connectivity index (χ4n) is 1.80. The number of nitro groups is 1. The third-order valence-electron chi connectivity index (χ3n) is 2.84. The molecule has 2 rings (SSSR count). The van der Waals surface area contributed by atoms with Gasteiger partial charge in [0.15, 0.2) is 0 Å². The maximum Gasteiger partial charge on any atom is 0.322 e. The van der Waals surface area contributed by atoms with Crippen molar-refractivity contribution in [2.75, 3.05) is 11.6 Å². The smallest absolute Gasteiger partial charge is 0.322 e. The molecular weight excluding hydrogens is 327 g/mol. The number of non-ortho nitro benzene ring substituents is 1. The van der Waals surface area contributed by atoms with Crippen LogP contribution in [0.3, 0.4) is 0 Å². The second-order valence-corrected chi connectivity index (χ2v) is 6.98. The summed E-state index contributed by atoms with van der Waals surface area (Å²) in [5.74, 6) is -2.67. The Bertz CT molecular complexity index is 707. The second kappa shape index (κ2) is 5.58. The van der Waals surface area contributed by atoms with Crippen LogP contribution in [0.25, 0.3) is 0 Å². The molecule has 0 radical (unpaired) electrons. The second-order valence-electron chi connectivity index (χ2n) is 4.12. The van der Waals surface area contributed by atoms with E-state index in [4.69, 9.17) is 5.11 Å². The number of rotatable bonds is 4. The molecular formula is C10H9FN2O6S2. The standard InChI is InChI=1S/C10H9FN2O6S2/c11-7-3-6(13(16)17)1-2-9(7)21(18,19)12-5-20-4-8(12)10(14)15/h1-3,8H,4-5H2,(H,14,15). The minimum atomic E-state index is -4.37. The quantitative estimate of drug-likeness (QED) is 0.640. The number of carbonyl (C=O) groups is 1. The molecule has 1 aliphatic heterocycles. The van der Waals surface area contributed by atoms with Crippen LogP contribution in [0.1, 0.15) is 0 Å². The Balaban J connectivity index is 2.45. The van der Waals surface area contributed by atoms with Crippen molar-refractivity contribution in [3.05, 3.63) is 34.1 Å². The fraction of sp³-hybridized carbons (Fsp3) is 0.300. The van der Waals surface area contributed by atoms with Crippen LogP contribution in [0.2, 0.25) is 0 Å². The topological polar surface area (TPSA) is 118 Å². The number of hydrogen-bond donors (Lipinski definition) is 1.